The molecular weight excluding hydrogens is 234 g/mol. The fraction of sp³-hybridized carbons (Fsp3) is 0.250. The molecule has 2 rings (SSSR count). The Labute approximate surface area is 105 Å². The molecule has 0 aliphatic rings. The molecule has 0 saturated heterocycles. The summed E-state index contributed by atoms with van der Waals surface area (Å²) in [5, 5.41) is 4.08. The molecule has 0 aliphatic carbocycles. The van der Waals surface area contributed by atoms with E-state index in [1.165, 1.54) is 4.90 Å². The smallest absolute Gasteiger partial charge is 0.145 e. The van der Waals surface area contributed by atoms with E-state index in [-0.39, 0.29) is 0 Å². The maximum Gasteiger partial charge on any atom is 0.145 e. The van der Waals surface area contributed by atoms with Crippen LogP contribution in [0.2, 0.25) is 0 Å². The van der Waals surface area contributed by atoms with Crippen LogP contribution in [0.1, 0.15) is 0 Å². The molecule has 0 unspecified atom stereocenters. The number of nitrogens with two attached hydrogens (primary N) is 1. The van der Waals surface area contributed by atoms with Gasteiger partial charge in [0.05, 0.1) is 6.54 Å². The first-order chi connectivity index (χ1) is 8.28. The topological polar surface area (TPSA) is 53.1 Å². The second kappa shape index (κ2) is 5.63. The van der Waals surface area contributed by atoms with Crippen molar-refractivity contribution in [2.24, 2.45) is 0 Å². The number of rotatable bonds is 5. The molecule has 0 amide bonds. The van der Waals surface area contributed by atoms with Gasteiger partial charge in [-0.05, 0) is 36.6 Å². The van der Waals surface area contributed by atoms with E-state index >= 15 is 0 Å². The number of ether oxygens (including phenoxy) is 1. The molecule has 90 valence electrons. The molecule has 2 N–H and O–H groups in total. The van der Waals surface area contributed by atoms with Crippen LogP contribution >= 0.6 is 11.8 Å². The third kappa shape index (κ3) is 3.42. The number of aromatic nitrogens is 2. The van der Waals surface area contributed by atoms with Crippen molar-refractivity contribution in [2.75, 3.05) is 18.6 Å². The van der Waals surface area contributed by atoms with Gasteiger partial charge < -0.3 is 10.5 Å². The Morgan fingerprint density at radius 1 is 1.29 bits per heavy atom. The van der Waals surface area contributed by atoms with Crippen molar-refractivity contribution >= 4 is 17.6 Å². The Bertz CT molecular complexity index is 467. The van der Waals surface area contributed by atoms with Gasteiger partial charge in [-0.3, -0.25) is 4.68 Å². The molecule has 0 spiro atoms. The molecule has 2 aromatic rings. The van der Waals surface area contributed by atoms with Crippen molar-refractivity contribution in [1.29, 1.82) is 0 Å². The van der Waals surface area contributed by atoms with Crippen molar-refractivity contribution in [2.45, 2.75) is 11.4 Å². The lowest BCUT2D eigenvalue weighted by atomic mass is 10.3. The first kappa shape index (κ1) is 11.9. The highest BCUT2D eigenvalue weighted by Gasteiger charge is 1.97. The van der Waals surface area contributed by atoms with Gasteiger partial charge in [0.25, 0.3) is 0 Å². The summed E-state index contributed by atoms with van der Waals surface area (Å²) in [5.74, 6) is 1.41. The lowest BCUT2D eigenvalue weighted by molar-refractivity contribution is 0.291. The summed E-state index contributed by atoms with van der Waals surface area (Å²) >= 11 is 1.72. The number of hydrogen-bond donors (Lipinski definition) is 1. The van der Waals surface area contributed by atoms with Crippen LogP contribution in [0.15, 0.2) is 41.4 Å². The van der Waals surface area contributed by atoms with Crippen LogP contribution in [0.3, 0.4) is 0 Å². The highest BCUT2D eigenvalue weighted by molar-refractivity contribution is 7.98. The molecule has 1 aromatic carbocycles. The van der Waals surface area contributed by atoms with E-state index in [4.69, 9.17) is 10.5 Å². The molecule has 0 bridgehead atoms. The number of anilines is 1. The zero-order chi connectivity index (χ0) is 12.1. The van der Waals surface area contributed by atoms with Crippen LogP contribution in [0.4, 0.5) is 5.82 Å². The molecule has 0 radical (unpaired) electrons. The van der Waals surface area contributed by atoms with E-state index in [9.17, 15) is 0 Å². The Morgan fingerprint density at radius 2 is 2.06 bits per heavy atom. The Hall–Kier alpha value is -1.62. The highest BCUT2D eigenvalue weighted by atomic mass is 32.2. The van der Waals surface area contributed by atoms with Crippen LogP contribution in [-0.4, -0.2) is 22.6 Å². The minimum absolute atomic E-state index is 0.536. The van der Waals surface area contributed by atoms with E-state index < -0.39 is 0 Å². The zero-order valence-electron chi connectivity index (χ0n) is 9.67. The van der Waals surface area contributed by atoms with Crippen LogP contribution in [0.25, 0.3) is 0 Å². The quantitative estimate of drug-likeness (QED) is 0.826. The van der Waals surface area contributed by atoms with E-state index in [1.54, 1.807) is 22.5 Å². The first-order valence-electron chi connectivity index (χ1n) is 5.34. The third-order valence-corrected chi connectivity index (χ3v) is 3.05. The monoisotopic (exact) mass is 249 g/mol. The Morgan fingerprint density at radius 3 is 2.65 bits per heavy atom. The summed E-state index contributed by atoms with van der Waals surface area (Å²) in [6.45, 7) is 1.28. The van der Waals surface area contributed by atoms with Gasteiger partial charge in [0, 0.05) is 11.1 Å². The average molecular weight is 249 g/mol. The van der Waals surface area contributed by atoms with Gasteiger partial charge in [0.15, 0.2) is 0 Å². The largest absolute Gasteiger partial charge is 0.492 e. The van der Waals surface area contributed by atoms with Gasteiger partial charge in [-0.1, -0.05) is 0 Å². The summed E-state index contributed by atoms with van der Waals surface area (Å²) in [6.07, 6.45) is 3.90. The van der Waals surface area contributed by atoms with Crippen molar-refractivity contribution in [1.82, 2.24) is 9.78 Å². The first-order valence-corrected chi connectivity index (χ1v) is 6.56. The standard InChI is InChI=1S/C12H15N3OS/c1-17-11-4-2-10(3-5-11)16-9-8-15-7-6-12(13)14-15/h2-7H,8-9H2,1H3,(H2,13,14). The normalized spacial score (nSPS) is 10.4. The van der Waals surface area contributed by atoms with Gasteiger partial charge in [-0.2, -0.15) is 5.10 Å². The Kier molecular flexibility index (Phi) is 3.93. The zero-order valence-corrected chi connectivity index (χ0v) is 10.5. The van der Waals surface area contributed by atoms with Crippen LogP contribution in [0.5, 0.6) is 5.75 Å². The number of hydrogen-bond acceptors (Lipinski definition) is 4. The minimum Gasteiger partial charge on any atom is -0.492 e. The molecule has 4 nitrogen and oxygen atoms in total. The third-order valence-electron chi connectivity index (χ3n) is 2.31. The molecule has 0 atom stereocenters. The number of thioether (sulfide) groups is 1. The average Bonchev–Trinajstić information content (AvgIpc) is 2.76. The predicted octanol–water partition coefficient (Wildman–Crippen LogP) is 2.27. The number of nitrogens with zero attached hydrogens (tertiary/aromatic N) is 2. The van der Waals surface area contributed by atoms with E-state index in [0.717, 1.165) is 5.75 Å². The molecular formula is C12H15N3OS. The second-order valence-corrected chi connectivity index (χ2v) is 4.41. The fourth-order valence-electron chi connectivity index (χ4n) is 1.43. The van der Waals surface area contributed by atoms with Gasteiger partial charge in [-0.25, -0.2) is 0 Å². The van der Waals surface area contributed by atoms with E-state index in [1.807, 2.05) is 30.5 Å². The maximum absolute atomic E-state index is 5.61. The summed E-state index contributed by atoms with van der Waals surface area (Å²) < 4.78 is 7.38. The van der Waals surface area contributed by atoms with Gasteiger partial charge >= 0.3 is 0 Å². The predicted molar refractivity (Wildman–Crippen MR) is 70.4 cm³/mol. The fourth-order valence-corrected chi connectivity index (χ4v) is 1.84. The van der Waals surface area contributed by atoms with Gasteiger partial charge in [0.2, 0.25) is 0 Å². The van der Waals surface area contributed by atoms with E-state index in [0.29, 0.717) is 19.0 Å². The minimum atomic E-state index is 0.536. The lowest BCUT2D eigenvalue weighted by Crippen LogP contribution is -2.08. The molecule has 0 aliphatic heterocycles. The van der Waals surface area contributed by atoms with Gasteiger partial charge in [0.1, 0.15) is 18.2 Å². The molecule has 1 heterocycles. The van der Waals surface area contributed by atoms with Crippen molar-refractivity contribution < 1.29 is 4.74 Å². The van der Waals surface area contributed by atoms with Crippen molar-refractivity contribution in [3.63, 3.8) is 0 Å². The highest BCUT2D eigenvalue weighted by Crippen LogP contribution is 2.18. The maximum atomic E-state index is 5.61. The molecule has 5 heteroatoms. The van der Waals surface area contributed by atoms with Crippen molar-refractivity contribution in [3.8, 4) is 5.75 Å². The SMILES string of the molecule is CSc1ccc(OCCn2ccc(N)n2)cc1. The van der Waals surface area contributed by atoms with Crippen molar-refractivity contribution in [3.05, 3.63) is 36.5 Å². The second-order valence-electron chi connectivity index (χ2n) is 3.53. The molecule has 0 fully saturated rings. The van der Waals surface area contributed by atoms with Crippen LogP contribution in [0, 0.1) is 0 Å². The number of benzene rings is 1. The van der Waals surface area contributed by atoms with Crippen LogP contribution < -0.4 is 10.5 Å². The molecule has 0 saturated carbocycles. The summed E-state index contributed by atoms with van der Waals surface area (Å²) in [5.41, 5.74) is 5.52. The summed E-state index contributed by atoms with van der Waals surface area (Å²) in [6, 6.07) is 9.82. The summed E-state index contributed by atoms with van der Waals surface area (Å²) in [7, 11) is 0. The number of nitrogen functional groups attached to an aromatic ring is 1. The lowest BCUT2D eigenvalue weighted by Gasteiger charge is -2.06. The Balaban J connectivity index is 1.81. The molecule has 17 heavy (non-hydrogen) atoms. The summed E-state index contributed by atoms with van der Waals surface area (Å²) in [4.78, 5) is 1.23. The van der Waals surface area contributed by atoms with Gasteiger partial charge in [-0.15, -0.1) is 11.8 Å². The van der Waals surface area contributed by atoms with E-state index in [2.05, 4.69) is 11.4 Å². The molecule has 1 aromatic heterocycles. The van der Waals surface area contributed by atoms with Crippen LogP contribution in [-0.2, 0) is 6.54 Å².